The van der Waals surface area contributed by atoms with Crippen molar-refractivity contribution in [1.82, 2.24) is 0 Å². The van der Waals surface area contributed by atoms with Gasteiger partial charge in [-0.05, 0) is 25.5 Å². The van der Waals surface area contributed by atoms with E-state index in [1.165, 1.54) is 13.0 Å². The predicted octanol–water partition coefficient (Wildman–Crippen LogP) is 2.05. The molecule has 23 heavy (non-hydrogen) atoms. The van der Waals surface area contributed by atoms with Crippen LogP contribution in [-0.4, -0.2) is 23.3 Å². The molecule has 124 valence electrons. The van der Waals surface area contributed by atoms with Gasteiger partial charge in [0.2, 0.25) is 0 Å². The lowest BCUT2D eigenvalue weighted by Gasteiger charge is -2.16. The molecule has 10 heteroatoms. The number of nitriles is 1. The van der Waals surface area contributed by atoms with Gasteiger partial charge in [-0.1, -0.05) is 6.08 Å². The number of nitro groups is 1. The molecule has 8 nitrogen and oxygen atoms in total. The fraction of sp³-hybridized carbons (Fsp3) is 0.308. The van der Waals surface area contributed by atoms with E-state index in [1.54, 1.807) is 0 Å². The van der Waals surface area contributed by atoms with Crippen molar-refractivity contribution in [3.05, 3.63) is 47.0 Å². The summed E-state index contributed by atoms with van der Waals surface area (Å²) in [5, 5.41) is 19.6. The minimum atomic E-state index is -4.21. The van der Waals surface area contributed by atoms with Crippen molar-refractivity contribution in [3.63, 3.8) is 0 Å². The van der Waals surface area contributed by atoms with Crippen LogP contribution in [0, 0.1) is 26.9 Å². The van der Waals surface area contributed by atoms with Crippen molar-refractivity contribution < 1.29 is 17.6 Å². The van der Waals surface area contributed by atoms with Gasteiger partial charge in [0, 0.05) is 17.9 Å². The fourth-order valence-corrected chi connectivity index (χ4v) is 4.54. The molecule has 0 radical (unpaired) electrons. The number of allylic oxidation sites excluding steroid dienone is 1. The molecule has 1 aromatic carbocycles. The molecule has 0 N–H and O–H groups in total. The highest BCUT2D eigenvalue weighted by Crippen LogP contribution is 2.22. The standard InChI is InChI=1S/C13H15N3O5S2/c1-3-8-13(2,9-14)10-22(19)15-23(20,21)12-6-4-11(5-7-12)16(17)18/h3-7,22H,1,8,10H2,2H3. The first-order valence-corrected chi connectivity index (χ1v) is 9.16. The van der Waals surface area contributed by atoms with E-state index in [1.807, 2.05) is 6.07 Å². The molecule has 0 saturated carbocycles. The average molecular weight is 357 g/mol. The van der Waals surface area contributed by atoms with E-state index in [-0.39, 0.29) is 22.8 Å². The van der Waals surface area contributed by atoms with Crippen molar-refractivity contribution >= 4 is 26.3 Å². The number of sulfonamides is 1. The Morgan fingerprint density at radius 3 is 2.48 bits per heavy atom. The molecule has 0 aliphatic heterocycles. The lowest BCUT2D eigenvalue weighted by molar-refractivity contribution is -0.384. The van der Waals surface area contributed by atoms with Crippen LogP contribution in [0.2, 0.25) is 0 Å². The third kappa shape index (κ3) is 5.15. The first-order valence-electron chi connectivity index (χ1n) is 6.33. The summed E-state index contributed by atoms with van der Waals surface area (Å²) in [6.45, 7) is 5.03. The second-order valence-corrected chi connectivity index (χ2v) is 8.08. The Hall–Kier alpha value is -2.25. The third-order valence-electron chi connectivity index (χ3n) is 2.89. The molecule has 1 rings (SSSR count). The Bertz CT molecular complexity index is 833. The lowest BCUT2D eigenvalue weighted by atomic mass is 9.91. The first kappa shape index (κ1) is 18.8. The van der Waals surface area contributed by atoms with Gasteiger partial charge in [0.1, 0.15) is 0 Å². The van der Waals surface area contributed by atoms with Crippen molar-refractivity contribution in [2.75, 3.05) is 5.75 Å². The molecule has 1 aromatic rings. The van der Waals surface area contributed by atoms with Crippen LogP contribution in [0.1, 0.15) is 13.3 Å². The molecular weight excluding hydrogens is 342 g/mol. The van der Waals surface area contributed by atoms with Gasteiger partial charge in [0.05, 0.1) is 31.9 Å². The number of rotatable bonds is 7. The summed E-state index contributed by atoms with van der Waals surface area (Å²) in [6.07, 6.45) is 1.73. The van der Waals surface area contributed by atoms with Gasteiger partial charge in [-0.2, -0.15) is 13.7 Å². The molecule has 0 aliphatic carbocycles. The van der Waals surface area contributed by atoms with Crippen molar-refractivity contribution in [2.45, 2.75) is 18.2 Å². The van der Waals surface area contributed by atoms with Gasteiger partial charge in [-0.15, -0.1) is 10.3 Å². The van der Waals surface area contributed by atoms with Gasteiger partial charge < -0.3 is 0 Å². The Kier molecular flexibility index (Phi) is 6.00. The second-order valence-electron chi connectivity index (χ2n) is 4.98. The van der Waals surface area contributed by atoms with Gasteiger partial charge >= 0.3 is 0 Å². The van der Waals surface area contributed by atoms with E-state index in [0.717, 1.165) is 24.3 Å². The number of nitrogens with zero attached hydrogens (tertiary/aromatic N) is 3. The zero-order valence-corrected chi connectivity index (χ0v) is 14.0. The number of non-ortho nitro benzene ring substituents is 1. The molecule has 0 heterocycles. The normalized spacial score (nSPS) is 15.3. The molecule has 0 spiro atoms. The van der Waals surface area contributed by atoms with Crippen LogP contribution < -0.4 is 0 Å². The molecule has 0 bridgehead atoms. The number of benzene rings is 1. The highest BCUT2D eigenvalue weighted by molar-refractivity contribution is 7.96. The maximum absolute atomic E-state index is 12.0. The first-order chi connectivity index (χ1) is 10.6. The van der Waals surface area contributed by atoms with Crippen LogP contribution >= 0.6 is 0 Å². The number of nitro benzene ring substituents is 1. The smallest absolute Gasteiger partial charge is 0.258 e. The minimum absolute atomic E-state index is 0.225. The largest absolute Gasteiger partial charge is 0.289 e. The molecule has 0 aromatic heterocycles. The van der Waals surface area contributed by atoms with Crippen LogP contribution in [0.25, 0.3) is 0 Å². The highest BCUT2D eigenvalue weighted by atomic mass is 32.3. The molecule has 2 atom stereocenters. The minimum Gasteiger partial charge on any atom is -0.258 e. The van der Waals surface area contributed by atoms with E-state index in [2.05, 4.69) is 10.3 Å². The van der Waals surface area contributed by atoms with Crippen LogP contribution in [0.4, 0.5) is 5.69 Å². The van der Waals surface area contributed by atoms with E-state index in [4.69, 9.17) is 5.26 Å². The quantitative estimate of drug-likeness (QED) is 0.344. The Morgan fingerprint density at radius 2 is 2.04 bits per heavy atom. The maximum Gasteiger partial charge on any atom is 0.289 e. The summed E-state index contributed by atoms with van der Waals surface area (Å²) in [5.74, 6) is -0.225. The molecular formula is C13H15N3O5S2. The summed E-state index contributed by atoms with van der Waals surface area (Å²) in [7, 11) is -6.75. The third-order valence-corrected chi connectivity index (χ3v) is 6.32. The zero-order valence-electron chi connectivity index (χ0n) is 12.2. The van der Waals surface area contributed by atoms with Gasteiger partial charge in [-0.3, -0.25) is 14.3 Å². The van der Waals surface area contributed by atoms with Crippen LogP contribution in [-0.2, 0) is 20.6 Å². The predicted molar refractivity (Wildman–Crippen MR) is 85.6 cm³/mol. The zero-order chi connectivity index (χ0) is 17.7. The van der Waals surface area contributed by atoms with Gasteiger partial charge in [0.15, 0.2) is 0 Å². The SMILES string of the molecule is C=CCC(C)(C#N)C/[SH](=O)=N\S(=O)(=O)c1ccc([N+](=O)[O-])cc1. The number of thiol groups is 1. The number of hydrogen-bond donors (Lipinski definition) is 1. The summed E-state index contributed by atoms with van der Waals surface area (Å²) in [6, 6.07) is 6.05. The summed E-state index contributed by atoms with van der Waals surface area (Å²) >= 11 is 0. The Labute approximate surface area is 135 Å². The van der Waals surface area contributed by atoms with Crippen molar-refractivity contribution in [3.8, 4) is 6.07 Å². The van der Waals surface area contributed by atoms with Crippen LogP contribution in [0.15, 0.2) is 45.6 Å². The molecule has 0 aliphatic rings. The topological polar surface area (TPSA) is 130 Å². The molecule has 0 amide bonds. The summed E-state index contributed by atoms with van der Waals surface area (Å²) < 4.78 is 39.3. The Morgan fingerprint density at radius 1 is 1.48 bits per heavy atom. The monoisotopic (exact) mass is 357 g/mol. The van der Waals surface area contributed by atoms with Crippen molar-refractivity contribution in [2.24, 2.45) is 9.18 Å². The number of hydrogen-bond acceptors (Lipinski definition) is 6. The van der Waals surface area contributed by atoms with Gasteiger partial charge in [-0.25, -0.2) is 0 Å². The molecule has 0 fully saturated rings. The fourth-order valence-electron chi connectivity index (χ4n) is 1.70. The molecule has 0 saturated heterocycles. The highest BCUT2D eigenvalue weighted by Gasteiger charge is 2.24. The summed E-state index contributed by atoms with van der Waals surface area (Å²) in [5.41, 5.74) is -1.29. The van der Waals surface area contributed by atoms with E-state index >= 15 is 0 Å². The van der Waals surface area contributed by atoms with Crippen LogP contribution in [0.3, 0.4) is 0 Å². The van der Waals surface area contributed by atoms with Crippen LogP contribution in [0.5, 0.6) is 0 Å². The maximum atomic E-state index is 12.0. The lowest BCUT2D eigenvalue weighted by Crippen LogP contribution is -2.19. The second kappa shape index (κ2) is 7.34. The average Bonchev–Trinajstić information content (AvgIpc) is 2.46. The van der Waals surface area contributed by atoms with Gasteiger partial charge in [0.25, 0.3) is 15.7 Å². The summed E-state index contributed by atoms with van der Waals surface area (Å²) in [4.78, 5) is 9.58. The van der Waals surface area contributed by atoms with E-state index in [0.29, 0.717) is 0 Å². The van der Waals surface area contributed by atoms with E-state index < -0.39 is 31.0 Å². The molecule has 2 unspecified atom stereocenters. The van der Waals surface area contributed by atoms with Crippen molar-refractivity contribution in [1.29, 1.82) is 5.26 Å². The Balaban J connectivity index is 3.09. The van der Waals surface area contributed by atoms with E-state index in [9.17, 15) is 22.7 Å².